The Morgan fingerprint density at radius 1 is 1.45 bits per heavy atom. The van der Waals surface area contributed by atoms with E-state index < -0.39 is 0 Å². The van der Waals surface area contributed by atoms with Crippen LogP contribution >= 0.6 is 11.8 Å². The highest BCUT2D eigenvalue weighted by molar-refractivity contribution is 8.00. The van der Waals surface area contributed by atoms with Gasteiger partial charge in [-0.3, -0.25) is 0 Å². The lowest BCUT2D eigenvalue weighted by Gasteiger charge is -2.30. The Morgan fingerprint density at radius 2 is 2.30 bits per heavy atom. The molecule has 1 fully saturated rings. The van der Waals surface area contributed by atoms with Crippen molar-refractivity contribution in [2.45, 2.75) is 64.3 Å². The van der Waals surface area contributed by atoms with Gasteiger partial charge in [-0.2, -0.15) is 16.9 Å². The van der Waals surface area contributed by atoms with Crippen LogP contribution in [0.2, 0.25) is 0 Å². The lowest BCUT2D eigenvalue weighted by atomic mass is 10.0. The Bertz CT molecular complexity index is 385. The van der Waals surface area contributed by atoms with E-state index in [1.165, 1.54) is 25.0 Å². The van der Waals surface area contributed by atoms with Gasteiger partial charge in [-0.25, -0.2) is 9.67 Å². The second-order valence-electron chi connectivity index (χ2n) is 6.03. The Labute approximate surface area is 127 Å². The molecule has 0 aliphatic carbocycles. The zero-order valence-corrected chi connectivity index (χ0v) is 13.8. The van der Waals surface area contributed by atoms with Gasteiger partial charge in [0.05, 0.1) is 0 Å². The molecule has 0 spiro atoms. The van der Waals surface area contributed by atoms with E-state index in [0.29, 0.717) is 12.0 Å². The number of thioether (sulfide) groups is 1. The second kappa shape index (κ2) is 8.03. The summed E-state index contributed by atoms with van der Waals surface area (Å²) in [7, 11) is 0. The van der Waals surface area contributed by atoms with Gasteiger partial charge in [0.1, 0.15) is 12.2 Å². The first-order valence-electron chi connectivity index (χ1n) is 7.92. The molecule has 1 N–H and O–H groups in total. The van der Waals surface area contributed by atoms with Gasteiger partial charge in [0, 0.05) is 24.3 Å². The van der Waals surface area contributed by atoms with Crippen LogP contribution in [0.25, 0.3) is 0 Å². The van der Waals surface area contributed by atoms with Crippen LogP contribution in [-0.4, -0.2) is 38.4 Å². The monoisotopic (exact) mass is 296 g/mol. The van der Waals surface area contributed by atoms with Crippen molar-refractivity contribution in [1.29, 1.82) is 0 Å². The third kappa shape index (κ3) is 4.48. The minimum absolute atomic E-state index is 0.528. The fourth-order valence-corrected chi connectivity index (χ4v) is 4.25. The molecule has 0 radical (unpaired) electrons. The zero-order valence-electron chi connectivity index (χ0n) is 13.0. The summed E-state index contributed by atoms with van der Waals surface area (Å²) in [6.45, 7) is 8.64. The van der Waals surface area contributed by atoms with Gasteiger partial charge in [-0.05, 0) is 31.1 Å². The van der Waals surface area contributed by atoms with E-state index in [1.807, 2.05) is 0 Å². The van der Waals surface area contributed by atoms with Gasteiger partial charge in [0.25, 0.3) is 0 Å². The summed E-state index contributed by atoms with van der Waals surface area (Å²) in [6.07, 6.45) is 6.79. The first kappa shape index (κ1) is 15.8. The Balaban J connectivity index is 2.01. The summed E-state index contributed by atoms with van der Waals surface area (Å²) in [5.41, 5.74) is 0. The maximum absolute atomic E-state index is 4.49. The fourth-order valence-electron chi connectivity index (χ4n) is 2.82. The van der Waals surface area contributed by atoms with Crippen LogP contribution in [0.3, 0.4) is 0 Å². The van der Waals surface area contributed by atoms with E-state index in [1.54, 1.807) is 6.33 Å². The summed E-state index contributed by atoms with van der Waals surface area (Å²) in [6, 6.07) is 0.528. The third-order valence-corrected chi connectivity index (χ3v) is 5.28. The van der Waals surface area contributed by atoms with Crippen LogP contribution in [0.15, 0.2) is 6.33 Å². The van der Waals surface area contributed by atoms with E-state index in [-0.39, 0.29) is 0 Å². The van der Waals surface area contributed by atoms with E-state index >= 15 is 0 Å². The normalized spacial score (nSPS) is 21.3. The summed E-state index contributed by atoms with van der Waals surface area (Å²) in [5.74, 6) is 3.05. The van der Waals surface area contributed by atoms with Crippen molar-refractivity contribution in [3.63, 3.8) is 0 Å². The van der Waals surface area contributed by atoms with Gasteiger partial charge >= 0.3 is 0 Å². The minimum atomic E-state index is 0.528. The second-order valence-corrected chi connectivity index (χ2v) is 7.37. The summed E-state index contributed by atoms with van der Waals surface area (Å²) in [4.78, 5) is 4.49. The van der Waals surface area contributed by atoms with Gasteiger partial charge in [0.15, 0.2) is 0 Å². The quantitative estimate of drug-likeness (QED) is 0.840. The van der Waals surface area contributed by atoms with Crippen molar-refractivity contribution < 1.29 is 0 Å². The molecule has 1 aliphatic heterocycles. The lowest BCUT2D eigenvalue weighted by Crippen LogP contribution is -2.41. The topological polar surface area (TPSA) is 42.7 Å². The Kier molecular flexibility index (Phi) is 6.36. The Hall–Kier alpha value is -0.550. The van der Waals surface area contributed by atoms with Crippen LogP contribution in [0.1, 0.15) is 45.9 Å². The van der Waals surface area contributed by atoms with Crippen molar-refractivity contribution >= 4 is 11.8 Å². The SMILES string of the molecule is CCNC(Cc1ncnn1CC(C)C)C1CCCCS1. The number of hydrogen-bond donors (Lipinski definition) is 1. The Morgan fingerprint density at radius 3 is 2.95 bits per heavy atom. The number of hydrogen-bond acceptors (Lipinski definition) is 4. The van der Waals surface area contributed by atoms with Crippen LogP contribution in [-0.2, 0) is 13.0 Å². The highest BCUT2D eigenvalue weighted by Crippen LogP contribution is 2.28. The molecule has 20 heavy (non-hydrogen) atoms. The standard InChI is InChI=1S/C15H28N4S/c1-4-16-13(14-7-5-6-8-20-14)9-15-17-11-18-19(15)10-12(2)3/h11-14,16H,4-10H2,1-3H3. The summed E-state index contributed by atoms with van der Waals surface area (Å²) >= 11 is 2.13. The van der Waals surface area contributed by atoms with Gasteiger partial charge in [0.2, 0.25) is 0 Å². The highest BCUT2D eigenvalue weighted by atomic mass is 32.2. The molecular weight excluding hydrogens is 268 g/mol. The van der Waals surface area contributed by atoms with E-state index in [0.717, 1.165) is 30.6 Å². The molecule has 2 rings (SSSR count). The molecule has 114 valence electrons. The molecular formula is C15H28N4S. The number of rotatable bonds is 7. The molecule has 2 unspecified atom stereocenters. The average Bonchev–Trinajstić information content (AvgIpc) is 2.86. The summed E-state index contributed by atoms with van der Waals surface area (Å²) < 4.78 is 2.09. The number of aromatic nitrogens is 3. The van der Waals surface area contributed by atoms with Crippen LogP contribution in [0, 0.1) is 5.92 Å². The lowest BCUT2D eigenvalue weighted by molar-refractivity contribution is 0.426. The maximum Gasteiger partial charge on any atom is 0.138 e. The molecule has 0 bridgehead atoms. The largest absolute Gasteiger partial charge is 0.313 e. The summed E-state index contributed by atoms with van der Waals surface area (Å²) in [5, 5.41) is 8.78. The molecule has 0 amide bonds. The van der Waals surface area contributed by atoms with Crippen LogP contribution in [0.4, 0.5) is 0 Å². The highest BCUT2D eigenvalue weighted by Gasteiger charge is 2.25. The molecule has 4 nitrogen and oxygen atoms in total. The van der Waals surface area contributed by atoms with Crippen molar-refractivity contribution in [1.82, 2.24) is 20.1 Å². The van der Waals surface area contributed by atoms with Gasteiger partial charge in [-0.15, -0.1) is 0 Å². The molecule has 1 aliphatic rings. The van der Waals surface area contributed by atoms with Crippen molar-refractivity contribution in [3.05, 3.63) is 12.2 Å². The first-order chi connectivity index (χ1) is 9.70. The molecule has 1 aromatic rings. The van der Waals surface area contributed by atoms with E-state index in [4.69, 9.17) is 0 Å². The minimum Gasteiger partial charge on any atom is -0.313 e. The predicted octanol–water partition coefficient (Wildman–Crippen LogP) is 2.74. The molecule has 2 atom stereocenters. The van der Waals surface area contributed by atoms with Crippen molar-refractivity contribution in [2.24, 2.45) is 5.92 Å². The van der Waals surface area contributed by atoms with E-state index in [9.17, 15) is 0 Å². The number of nitrogens with zero attached hydrogens (tertiary/aromatic N) is 3. The van der Waals surface area contributed by atoms with Crippen LogP contribution < -0.4 is 5.32 Å². The van der Waals surface area contributed by atoms with Crippen molar-refractivity contribution in [2.75, 3.05) is 12.3 Å². The van der Waals surface area contributed by atoms with Crippen LogP contribution in [0.5, 0.6) is 0 Å². The van der Waals surface area contributed by atoms with Crippen molar-refractivity contribution in [3.8, 4) is 0 Å². The fraction of sp³-hybridized carbons (Fsp3) is 0.867. The molecule has 1 aromatic heterocycles. The molecule has 0 aromatic carbocycles. The third-order valence-electron chi connectivity index (χ3n) is 3.77. The number of nitrogens with one attached hydrogen (secondary N) is 1. The molecule has 5 heteroatoms. The average molecular weight is 296 g/mol. The van der Waals surface area contributed by atoms with Gasteiger partial charge in [-0.1, -0.05) is 27.2 Å². The molecule has 0 saturated carbocycles. The predicted molar refractivity (Wildman–Crippen MR) is 86.1 cm³/mol. The van der Waals surface area contributed by atoms with E-state index in [2.05, 4.69) is 52.6 Å². The smallest absolute Gasteiger partial charge is 0.138 e. The zero-order chi connectivity index (χ0) is 14.4. The molecule has 2 heterocycles. The first-order valence-corrected chi connectivity index (χ1v) is 8.97. The maximum atomic E-state index is 4.49. The number of likely N-dealkylation sites (N-methyl/N-ethyl adjacent to an activating group) is 1. The van der Waals surface area contributed by atoms with Gasteiger partial charge < -0.3 is 5.32 Å². The molecule has 1 saturated heterocycles.